The fourth-order valence-electron chi connectivity index (χ4n) is 2.73. The fraction of sp³-hybridized carbons (Fsp3) is 0.471. The number of anilines is 1. The van der Waals surface area contributed by atoms with Gasteiger partial charge in [-0.25, -0.2) is 0 Å². The normalized spacial score (nSPS) is 17.6. The minimum atomic E-state index is -0.0234. The summed E-state index contributed by atoms with van der Waals surface area (Å²) in [6.45, 7) is 1.41. The third-order valence-electron chi connectivity index (χ3n) is 4.04. The number of rotatable bonds is 5. The lowest BCUT2D eigenvalue weighted by Gasteiger charge is -2.32. The minimum absolute atomic E-state index is 0.0234. The van der Waals surface area contributed by atoms with Crippen LogP contribution in [-0.2, 0) is 11.2 Å². The second-order valence-electron chi connectivity index (χ2n) is 6.15. The summed E-state index contributed by atoms with van der Waals surface area (Å²) in [5, 5.41) is 12.3. The van der Waals surface area contributed by atoms with E-state index in [1.165, 1.54) is 0 Å². The summed E-state index contributed by atoms with van der Waals surface area (Å²) in [5.74, 6) is 1.46. The lowest BCUT2D eigenvalue weighted by atomic mass is 10.1. The molecule has 3 rings (SSSR count). The molecule has 0 aliphatic carbocycles. The molecule has 6 nitrogen and oxygen atoms in total. The number of thiophene rings is 1. The Bertz CT molecular complexity index is 658. The van der Waals surface area contributed by atoms with Crippen molar-refractivity contribution in [2.75, 3.05) is 32.1 Å². The third kappa shape index (κ3) is 4.23. The van der Waals surface area contributed by atoms with Crippen LogP contribution in [0.5, 0.6) is 5.88 Å². The van der Waals surface area contributed by atoms with E-state index in [9.17, 15) is 4.79 Å². The van der Waals surface area contributed by atoms with Gasteiger partial charge in [0.15, 0.2) is 5.82 Å². The number of ether oxygens (including phenoxy) is 1. The molecule has 0 radical (unpaired) electrons. The van der Waals surface area contributed by atoms with E-state index in [4.69, 9.17) is 4.74 Å². The van der Waals surface area contributed by atoms with Crippen molar-refractivity contribution in [3.63, 3.8) is 0 Å². The zero-order valence-corrected chi connectivity index (χ0v) is 14.8. The first-order chi connectivity index (χ1) is 11.6. The number of aromatic nitrogens is 2. The Hall–Kier alpha value is -2.15. The maximum atomic E-state index is 12.4. The monoisotopic (exact) mass is 346 g/mol. The molecule has 2 aromatic heterocycles. The van der Waals surface area contributed by atoms with Crippen LogP contribution in [0.25, 0.3) is 0 Å². The van der Waals surface area contributed by atoms with Gasteiger partial charge in [-0.05, 0) is 41.3 Å². The molecule has 1 fully saturated rings. The summed E-state index contributed by atoms with van der Waals surface area (Å²) in [6, 6.07) is 5.71. The number of nitrogens with zero attached hydrogens (tertiary/aromatic N) is 4. The molecule has 24 heavy (non-hydrogen) atoms. The molecule has 1 saturated heterocycles. The predicted molar refractivity (Wildman–Crippen MR) is 94.6 cm³/mol. The van der Waals surface area contributed by atoms with Gasteiger partial charge in [0.05, 0.1) is 13.0 Å². The van der Waals surface area contributed by atoms with Gasteiger partial charge in [0, 0.05) is 26.7 Å². The Morgan fingerprint density at radius 1 is 1.38 bits per heavy atom. The topological polar surface area (TPSA) is 58.6 Å². The molecule has 0 saturated carbocycles. The zero-order chi connectivity index (χ0) is 16.9. The molecule has 3 heterocycles. The van der Waals surface area contributed by atoms with E-state index in [1.54, 1.807) is 11.3 Å². The molecule has 0 bridgehead atoms. The van der Waals surface area contributed by atoms with Crippen molar-refractivity contribution >= 4 is 23.1 Å². The van der Waals surface area contributed by atoms with Gasteiger partial charge in [0.1, 0.15) is 6.10 Å². The Morgan fingerprint density at radius 3 is 2.92 bits per heavy atom. The Kier molecular flexibility index (Phi) is 5.30. The molecule has 0 spiro atoms. The molecule has 7 heteroatoms. The second-order valence-corrected chi connectivity index (χ2v) is 6.93. The average molecular weight is 346 g/mol. The van der Waals surface area contributed by atoms with Gasteiger partial charge in [0.25, 0.3) is 0 Å². The summed E-state index contributed by atoms with van der Waals surface area (Å²) in [6.07, 6.45) is 2.32. The molecular formula is C17H22N4O2S. The van der Waals surface area contributed by atoms with Crippen LogP contribution in [0.4, 0.5) is 5.82 Å². The van der Waals surface area contributed by atoms with Gasteiger partial charge in [-0.15, -0.1) is 10.2 Å². The van der Waals surface area contributed by atoms with Crippen LogP contribution in [-0.4, -0.2) is 54.3 Å². The molecule has 1 aliphatic heterocycles. The Balaban J connectivity index is 1.56. The maximum Gasteiger partial charge on any atom is 0.233 e. The standard InChI is InChI=1S/C17H22N4O2S/c1-20(2)15-5-6-16(19-18-15)23-14-4-3-8-21(11-14)17(22)10-13-7-9-24-12-13/h5-7,9,12,14H,3-4,8,10-11H2,1-2H3. The highest BCUT2D eigenvalue weighted by Crippen LogP contribution is 2.19. The number of piperidine rings is 1. The van der Waals surface area contributed by atoms with Crippen LogP contribution >= 0.6 is 11.3 Å². The zero-order valence-electron chi connectivity index (χ0n) is 14.0. The van der Waals surface area contributed by atoms with Crippen molar-refractivity contribution < 1.29 is 9.53 Å². The molecule has 0 N–H and O–H groups in total. The summed E-state index contributed by atoms with van der Waals surface area (Å²) < 4.78 is 5.92. The van der Waals surface area contributed by atoms with Gasteiger partial charge < -0.3 is 14.5 Å². The van der Waals surface area contributed by atoms with Crippen molar-refractivity contribution in [1.29, 1.82) is 0 Å². The van der Waals surface area contributed by atoms with Crippen molar-refractivity contribution in [2.24, 2.45) is 0 Å². The molecule has 1 unspecified atom stereocenters. The van der Waals surface area contributed by atoms with E-state index in [2.05, 4.69) is 10.2 Å². The number of carbonyl (C=O) groups is 1. The molecule has 128 valence electrons. The lowest BCUT2D eigenvalue weighted by Crippen LogP contribution is -2.45. The highest BCUT2D eigenvalue weighted by molar-refractivity contribution is 7.08. The van der Waals surface area contributed by atoms with Crippen LogP contribution < -0.4 is 9.64 Å². The number of hydrogen-bond acceptors (Lipinski definition) is 6. The van der Waals surface area contributed by atoms with Crippen LogP contribution in [0.2, 0.25) is 0 Å². The number of likely N-dealkylation sites (tertiary alicyclic amines) is 1. The van der Waals surface area contributed by atoms with Crippen molar-refractivity contribution in [1.82, 2.24) is 15.1 Å². The number of carbonyl (C=O) groups excluding carboxylic acids is 1. The van der Waals surface area contributed by atoms with Crippen molar-refractivity contribution in [3.05, 3.63) is 34.5 Å². The predicted octanol–water partition coefficient (Wildman–Crippen LogP) is 2.22. The summed E-state index contributed by atoms with van der Waals surface area (Å²) in [7, 11) is 3.84. The highest BCUT2D eigenvalue weighted by atomic mass is 32.1. The first-order valence-electron chi connectivity index (χ1n) is 8.08. The van der Waals surface area contributed by atoms with E-state index in [1.807, 2.05) is 52.9 Å². The largest absolute Gasteiger partial charge is 0.471 e. The first-order valence-corrected chi connectivity index (χ1v) is 9.02. The lowest BCUT2D eigenvalue weighted by molar-refractivity contribution is -0.133. The van der Waals surface area contributed by atoms with Gasteiger partial charge >= 0.3 is 0 Å². The van der Waals surface area contributed by atoms with Crippen molar-refractivity contribution in [2.45, 2.75) is 25.4 Å². The average Bonchev–Trinajstić information content (AvgIpc) is 3.08. The van der Waals surface area contributed by atoms with Gasteiger partial charge in [-0.1, -0.05) is 0 Å². The van der Waals surface area contributed by atoms with Gasteiger partial charge in [-0.3, -0.25) is 4.79 Å². The molecule has 1 atom stereocenters. The van der Waals surface area contributed by atoms with E-state index in [0.717, 1.165) is 30.8 Å². The summed E-state index contributed by atoms with van der Waals surface area (Å²) in [4.78, 5) is 16.2. The first kappa shape index (κ1) is 16.7. The van der Waals surface area contributed by atoms with Crippen molar-refractivity contribution in [3.8, 4) is 5.88 Å². The highest BCUT2D eigenvalue weighted by Gasteiger charge is 2.25. The maximum absolute atomic E-state index is 12.4. The van der Waals surface area contributed by atoms with Gasteiger partial charge in [-0.2, -0.15) is 11.3 Å². The molecule has 0 aromatic carbocycles. The van der Waals surface area contributed by atoms with Crippen LogP contribution in [0, 0.1) is 0 Å². The number of hydrogen-bond donors (Lipinski definition) is 0. The molecule has 2 aromatic rings. The van der Waals surface area contributed by atoms with Crippen LogP contribution in [0.1, 0.15) is 18.4 Å². The van der Waals surface area contributed by atoms with E-state index in [0.29, 0.717) is 18.8 Å². The third-order valence-corrected chi connectivity index (χ3v) is 4.77. The Labute approximate surface area is 146 Å². The minimum Gasteiger partial charge on any atom is -0.471 e. The molecule has 1 aliphatic rings. The fourth-order valence-corrected chi connectivity index (χ4v) is 3.39. The quantitative estimate of drug-likeness (QED) is 0.831. The second kappa shape index (κ2) is 7.61. The smallest absolute Gasteiger partial charge is 0.233 e. The summed E-state index contributed by atoms with van der Waals surface area (Å²) in [5.41, 5.74) is 1.08. The van der Waals surface area contributed by atoms with E-state index in [-0.39, 0.29) is 12.0 Å². The summed E-state index contributed by atoms with van der Waals surface area (Å²) >= 11 is 1.62. The van der Waals surface area contributed by atoms with Crippen LogP contribution in [0.3, 0.4) is 0 Å². The van der Waals surface area contributed by atoms with Gasteiger partial charge in [0.2, 0.25) is 11.8 Å². The van der Waals surface area contributed by atoms with Crippen LogP contribution in [0.15, 0.2) is 29.0 Å². The SMILES string of the molecule is CN(C)c1ccc(OC2CCCN(C(=O)Cc3ccsc3)C2)nn1. The molecule has 1 amide bonds. The molecular weight excluding hydrogens is 324 g/mol. The van der Waals surface area contributed by atoms with E-state index < -0.39 is 0 Å². The Morgan fingerprint density at radius 2 is 2.25 bits per heavy atom. The van der Waals surface area contributed by atoms with E-state index >= 15 is 0 Å². The number of amides is 1.